The van der Waals surface area contributed by atoms with Crippen molar-refractivity contribution in [1.29, 1.82) is 0 Å². The maximum absolute atomic E-state index is 14.3. The van der Waals surface area contributed by atoms with Gasteiger partial charge in [0.05, 0.1) is 24.5 Å². The number of Topliss-reactive ketones (excluding diaryl/α,β-unsaturated/α-hetero) is 1. The van der Waals surface area contributed by atoms with Gasteiger partial charge in [-0.2, -0.15) is 0 Å². The summed E-state index contributed by atoms with van der Waals surface area (Å²) in [4.78, 5) is 30.1. The molecule has 4 aromatic rings. The van der Waals surface area contributed by atoms with Crippen molar-refractivity contribution in [1.82, 2.24) is 0 Å². The maximum atomic E-state index is 14.3. The van der Waals surface area contributed by atoms with Crippen molar-refractivity contribution < 1.29 is 14.3 Å². The number of rotatable bonds is 4. The molecule has 0 saturated heterocycles. The van der Waals surface area contributed by atoms with E-state index in [2.05, 4.69) is 17.4 Å². The van der Waals surface area contributed by atoms with E-state index in [-0.39, 0.29) is 17.6 Å². The van der Waals surface area contributed by atoms with Crippen molar-refractivity contribution in [2.24, 2.45) is 0 Å². The first kappa shape index (κ1) is 23.7. The topological polar surface area (TPSA) is 58.6 Å². The van der Waals surface area contributed by atoms with E-state index in [0.717, 1.165) is 28.2 Å². The second kappa shape index (κ2) is 10.0. The summed E-state index contributed by atoms with van der Waals surface area (Å²) in [5.41, 5.74) is 5.55. The third-order valence-corrected chi connectivity index (χ3v) is 7.41. The molecule has 0 radical (unpaired) electrons. The van der Waals surface area contributed by atoms with Gasteiger partial charge in [0, 0.05) is 23.3 Å². The zero-order chi connectivity index (χ0) is 26.1. The van der Waals surface area contributed by atoms with Crippen LogP contribution >= 0.6 is 0 Å². The number of fused-ring (bicyclic) bond motifs is 1. The van der Waals surface area contributed by atoms with Gasteiger partial charge >= 0.3 is 0 Å². The van der Waals surface area contributed by atoms with E-state index >= 15 is 0 Å². The van der Waals surface area contributed by atoms with Crippen molar-refractivity contribution in [2.45, 2.75) is 24.8 Å². The molecule has 4 aromatic carbocycles. The van der Waals surface area contributed by atoms with Gasteiger partial charge in [-0.25, -0.2) is 0 Å². The molecule has 0 bridgehead atoms. The molecule has 1 aliphatic heterocycles. The Morgan fingerprint density at radius 1 is 0.816 bits per heavy atom. The Hall–Kier alpha value is -4.64. The lowest BCUT2D eigenvalue weighted by atomic mass is 9.78. The third-order valence-electron chi connectivity index (χ3n) is 7.41. The van der Waals surface area contributed by atoms with Crippen molar-refractivity contribution in [3.8, 4) is 5.75 Å². The number of amides is 1. The number of hydrogen-bond acceptors (Lipinski definition) is 4. The highest BCUT2D eigenvalue weighted by Crippen LogP contribution is 2.48. The van der Waals surface area contributed by atoms with Crippen LogP contribution in [0.1, 0.15) is 46.3 Å². The monoisotopic (exact) mass is 500 g/mol. The summed E-state index contributed by atoms with van der Waals surface area (Å²) in [6.07, 6.45) is 1.06. The number of methoxy groups -OCH3 is 1. The summed E-state index contributed by atoms with van der Waals surface area (Å²) in [6.45, 7) is 0. The minimum Gasteiger partial charge on any atom is -0.497 e. The summed E-state index contributed by atoms with van der Waals surface area (Å²) in [5.74, 6) is 0.607. The number of nitrogens with zero attached hydrogens (tertiary/aromatic N) is 1. The fourth-order valence-electron chi connectivity index (χ4n) is 5.62. The quantitative estimate of drug-likeness (QED) is 0.331. The van der Waals surface area contributed by atoms with Crippen molar-refractivity contribution in [2.75, 3.05) is 17.3 Å². The summed E-state index contributed by atoms with van der Waals surface area (Å²) in [6, 6.07) is 34.2. The average Bonchev–Trinajstić information content (AvgIpc) is 3.12. The predicted molar refractivity (Wildman–Crippen MR) is 150 cm³/mol. The molecule has 1 aliphatic carbocycles. The molecule has 0 fully saturated rings. The predicted octanol–water partition coefficient (Wildman–Crippen LogP) is 6.91. The molecule has 0 aromatic heterocycles. The summed E-state index contributed by atoms with van der Waals surface area (Å²) >= 11 is 0. The minimum atomic E-state index is -0.617. The Balaban J connectivity index is 1.58. The third kappa shape index (κ3) is 4.26. The number of ether oxygens (including phenoxy) is 1. The van der Waals surface area contributed by atoms with Crippen LogP contribution in [0.5, 0.6) is 5.75 Å². The smallest absolute Gasteiger partial charge is 0.259 e. The molecule has 1 N–H and O–H groups in total. The van der Waals surface area contributed by atoms with Crippen LogP contribution in [-0.4, -0.2) is 18.8 Å². The molecule has 6 rings (SSSR count). The first-order valence-corrected chi connectivity index (χ1v) is 12.8. The van der Waals surface area contributed by atoms with Gasteiger partial charge < -0.3 is 10.1 Å². The second-order valence-electron chi connectivity index (χ2n) is 9.69. The molecule has 0 saturated carbocycles. The van der Waals surface area contributed by atoms with Crippen LogP contribution in [0.3, 0.4) is 0 Å². The van der Waals surface area contributed by atoms with Crippen molar-refractivity contribution >= 4 is 23.1 Å². The molecule has 38 heavy (non-hydrogen) atoms. The van der Waals surface area contributed by atoms with E-state index in [1.54, 1.807) is 12.0 Å². The van der Waals surface area contributed by atoms with Gasteiger partial charge in [-0.15, -0.1) is 0 Å². The highest BCUT2D eigenvalue weighted by atomic mass is 16.5. The molecule has 5 heteroatoms. The summed E-state index contributed by atoms with van der Waals surface area (Å²) < 4.78 is 5.54. The van der Waals surface area contributed by atoms with E-state index in [0.29, 0.717) is 29.7 Å². The molecule has 5 nitrogen and oxygen atoms in total. The molecule has 188 valence electrons. The fourth-order valence-corrected chi connectivity index (χ4v) is 5.62. The van der Waals surface area contributed by atoms with Crippen LogP contribution in [0.4, 0.5) is 11.4 Å². The normalized spacial score (nSPS) is 18.7. The van der Waals surface area contributed by atoms with Crippen LogP contribution in [-0.2, 0) is 4.79 Å². The van der Waals surface area contributed by atoms with Crippen LogP contribution < -0.4 is 15.0 Å². The lowest BCUT2D eigenvalue weighted by molar-refractivity contribution is -0.116. The maximum Gasteiger partial charge on any atom is 0.259 e. The molecule has 1 amide bonds. The van der Waals surface area contributed by atoms with Gasteiger partial charge in [-0.1, -0.05) is 72.8 Å². The van der Waals surface area contributed by atoms with Gasteiger partial charge in [0.15, 0.2) is 5.78 Å². The number of ketones is 1. The van der Waals surface area contributed by atoms with Crippen LogP contribution in [0.25, 0.3) is 0 Å². The number of allylic oxidation sites excluding steroid dienone is 1. The lowest BCUT2D eigenvalue weighted by Gasteiger charge is -2.35. The van der Waals surface area contributed by atoms with Gasteiger partial charge in [0.25, 0.3) is 5.91 Å². The van der Waals surface area contributed by atoms with E-state index < -0.39 is 6.04 Å². The largest absolute Gasteiger partial charge is 0.497 e. The van der Waals surface area contributed by atoms with Gasteiger partial charge in [0.1, 0.15) is 5.75 Å². The highest BCUT2D eigenvalue weighted by Gasteiger charge is 2.42. The molecule has 2 aliphatic rings. The lowest BCUT2D eigenvalue weighted by Crippen LogP contribution is -2.38. The molecular formula is C33H28N2O3. The fraction of sp³-hybridized carbons (Fsp3) is 0.152. The highest BCUT2D eigenvalue weighted by molar-refractivity contribution is 6.12. The Labute approximate surface area is 222 Å². The van der Waals surface area contributed by atoms with E-state index in [9.17, 15) is 9.59 Å². The number of benzene rings is 4. The Kier molecular flexibility index (Phi) is 6.26. The number of carbonyl (C=O) groups excluding carboxylic acids is 2. The van der Waals surface area contributed by atoms with E-state index in [4.69, 9.17) is 4.74 Å². The number of para-hydroxylation sites is 2. The zero-order valence-electron chi connectivity index (χ0n) is 21.1. The Bertz CT molecular complexity index is 1530. The molecule has 1 heterocycles. The average molecular weight is 501 g/mol. The van der Waals surface area contributed by atoms with Gasteiger partial charge in [0.2, 0.25) is 0 Å². The molecule has 0 unspecified atom stereocenters. The first-order valence-electron chi connectivity index (χ1n) is 12.8. The Morgan fingerprint density at radius 3 is 2.26 bits per heavy atom. The van der Waals surface area contributed by atoms with Crippen LogP contribution in [0.2, 0.25) is 0 Å². The van der Waals surface area contributed by atoms with Gasteiger partial charge in [-0.3, -0.25) is 14.5 Å². The van der Waals surface area contributed by atoms with E-state index in [1.807, 2.05) is 97.1 Å². The molecule has 2 atom stereocenters. The van der Waals surface area contributed by atoms with Crippen molar-refractivity contribution in [3.63, 3.8) is 0 Å². The van der Waals surface area contributed by atoms with Crippen LogP contribution in [0.15, 0.2) is 120 Å². The van der Waals surface area contributed by atoms with Gasteiger partial charge in [-0.05, 0) is 59.9 Å². The standard InChI is InChI=1S/C33H28N2O3/c1-38-26-16-10-15-24(19-26)32-31-28(20-25(21-30(31)36)22-11-4-2-5-12-22)34-27-17-8-9-18-29(27)35(32)33(37)23-13-6-3-7-14-23/h2-19,25,32,34H,20-21H2,1H3/t25-,32+/m0/s1. The summed E-state index contributed by atoms with van der Waals surface area (Å²) in [5, 5.41) is 3.59. The molecule has 0 spiro atoms. The van der Waals surface area contributed by atoms with Crippen LogP contribution in [0, 0.1) is 0 Å². The Morgan fingerprint density at radius 2 is 1.50 bits per heavy atom. The van der Waals surface area contributed by atoms with E-state index in [1.165, 1.54) is 0 Å². The number of hydrogen-bond donors (Lipinski definition) is 1. The summed E-state index contributed by atoms with van der Waals surface area (Å²) in [7, 11) is 1.62. The minimum absolute atomic E-state index is 0.0408. The second-order valence-corrected chi connectivity index (χ2v) is 9.69. The number of nitrogens with one attached hydrogen (secondary N) is 1. The molecular weight excluding hydrogens is 472 g/mol. The number of anilines is 2. The zero-order valence-corrected chi connectivity index (χ0v) is 21.1. The first-order chi connectivity index (χ1) is 18.6. The van der Waals surface area contributed by atoms with Crippen molar-refractivity contribution in [3.05, 3.63) is 137 Å². The SMILES string of the molecule is COc1cccc([C@@H]2C3=C(C[C@H](c4ccccc4)CC3=O)Nc3ccccc3N2C(=O)c2ccccc2)c1. The number of carbonyl (C=O) groups is 2.